The number of carboxylic acids is 2. The lowest BCUT2D eigenvalue weighted by atomic mass is 10.1. The van der Waals surface area contributed by atoms with Crippen LogP contribution in [0.3, 0.4) is 0 Å². The number of likely N-dealkylation sites (N-methyl/N-ethyl adjacent to an activating group) is 1. The number of rotatable bonds is 5. The maximum absolute atomic E-state index is 9.10. The van der Waals surface area contributed by atoms with Gasteiger partial charge < -0.3 is 15.1 Å². The lowest BCUT2D eigenvalue weighted by molar-refractivity contribution is -0.159. The third-order valence-electron chi connectivity index (χ3n) is 3.72. The highest BCUT2D eigenvalue weighted by Crippen LogP contribution is 2.29. The normalized spacial score (nSPS) is 10.5. The van der Waals surface area contributed by atoms with Crippen LogP contribution in [0.4, 0.5) is 0 Å². The number of aromatic nitrogens is 1. The van der Waals surface area contributed by atoms with Crippen molar-refractivity contribution in [3.05, 3.63) is 66.4 Å². The molecule has 0 amide bonds. The lowest BCUT2D eigenvalue weighted by Crippen LogP contribution is -2.14. The van der Waals surface area contributed by atoms with Crippen LogP contribution in [-0.4, -0.2) is 51.7 Å². The summed E-state index contributed by atoms with van der Waals surface area (Å²) in [5.41, 5.74) is 2.71. The minimum Gasteiger partial charge on any atom is -0.473 e. The second kappa shape index (κ2) is 9.80. The van der Waals surface area contributed by atoms with E-state index in [0.717, 1.165) is 13.0 Å². The molecule has 6 nitrogen and oxygen atoms in total. The van der Waals surface area contributed by atoms with Crippen LogP contribution in [0.15, 0.2) is 65.7 Å². The number of hydrogen-bond acceptors (Lipinski definition) is 4. The Hall–Kier alpha value is -2.77. The molecule has 0 aliphatic heterocycles. The van der Waals surface area contributed by atoms with Gasteiger partial charge in [0, 0.05) is 23.0 Å². The highest BCUT2D eigenvalue weighted by atomic mass is 32.2. The number of nitrogens with zero attached hydrogens (tertiary/aromatic N) is 2. The van der Waals surface area contributed by atoms with E-state index in [1.807, 2.05) is 0 Å². The van der Waals surface area contributed by atoms with Gasteiger partial charge in [0.15, 0.2) is 0 Å². The molecular formula is C20H22N2O4S. The number of carboxylic acid groups (broad SMARTS) is 2. The lowest BCUT2D eigenvalue weighted by Gasteiger charge is -2.07. The number of para-hydroxylation sites is 1. The molecule has 0 radical (unpaired) electrons. The zero-order chi connectivity index (χ0) is 19.8. The Morgan fingerprint density at radius 3 is 2.15 bits per heavy atom. The molecule has 1 aromatic heterocycles. The first-order valence-electron chi connectivity index (χ1n) is 8.31. The molecule has 27 heavy (non-hydrogen) atoms. The summed E-state index contributed by atoms with van der Waals surface area (Å²) < 4.78 is 2.29. The van der Waals surface area contributed by atoms with Gasteiger partial charge in [0.25, 0.3) is 0 Å². The van der Waals surface area contributed by atoms with Crippen LogP contribution >= 0.6 is 11.9 Å². The van der Waals surface area contributed by atoms with Gasteiger partial charge >= 0.3 is 11.9 Å². The molecule has 0 spiro atoms. The van der Waals surface area contributed by atoms with Crippen molar-refractivity contribution < 1.29 is 19.8 Å². The summed E-state index contributed by atoms with van der Waals surface area (Å²) in [5, 5.41) is 16.1. The predicted octanol–water partition coefficient (Wildman–Crippen LogP) is 3.46. The summed E-state index contributed by atoms with van der Waals surface area (Å²) >= 11 is 1.78. The van der Waals surface area contributed by atoms with Crippen LogP contribution in [0.2, 0.25) is 0 Å². The predicted molar refractivity (Wildman–Crippen MR) is 107 cm³/mol. The molecule has 0 atom stereocenters. The SMILES string of the molecule is CN(C)CCc1cn(Sc2ccccc2)c2ccccc12.O=C(O)C(=O)O. The summed E-state index contributed by atoms with van der Waals surface area (Å²) in [7, 11) is 4.25. The fourth-order valence-electron chi connectivity index (χ4n) is 2.43. The summed E-state index contributed by atoms with van der Waals surface area (Å²) in [6.07, 6.45) is 3.36. The molecule has 3 aromatic rings. The van der Waals surface area contributed by atoms with Gasteiger partial charge in [-0.1, -0.05) is 36.4 Å². The molecule has 2 aromatic carbocycles. The van der Waals surface area contributed by atoms with Crippen molar-refractivity contribution in [1.29, 1.82) is 0 Å². The average Bonchev–Trinajstić information content (AvgIpc) is 2.99. The van der Waals surface area contributed by atoms with E-state index in [1.54, 1.807) is 11.9 Å². The molecular weight excluding hydrogens is 364 g/mol. The minimum absolute atomic E-state index is 1.07. The van der Waals surface area contributed by atoms with E-state index in [-0.39, 0.29) is 0 Å². The Balaban J connectivity index is 0.000000380. The fourth-order valence-corrected chi connectivity index (χ4v) is 3.38. The van der Waals surface area contributed by atoms with Crippen LogP contribution in [0, 0.1) is 0 Å². The quantitative estimate of drug-likeness (QED) is 0.654. The summed E-state index contributed by atoms with van der Waals surface area (Å²) in [5.74, 6) is -3.65. The van der Waals surface area contributed by atoms with Crippen molar-refractivity contribution in [2.24, 2.45) is 0 Å². The molecule has 1 heterocycles. The Labute approximate surface area is 162 Å². The highest BCUT2D eigenvalue weighted by Gasteiger charge is 2.09. The third-order valence-corrected chi connectivity index (χ3v) is 4.70. The molecule has 0 aliphatic carbocycles. The molecule has 142 valence electrons. The van der Waals surface area contributed by atoms with Gasteiger partial charge in [0.1, 0.15) is 0 Å². The van der Waals surface area contributed by atoms with Crippen molar-refractivity contribution in [3.63, 3.8) is 0 Å². The second-order valence-electron chi connectivity index (χ2n) is 6.07. The number of aliphatic carboxylic acids is 2. The maximum Gasteiger partial charge on any atom is 0.414 e. The Kier molecular flexibility index (Phi) is 7.45. The Morgan fingerprint density at radius 1 is 0.963 bits per heavy atom. The van der Waals surface area contributed by atoms with Crippen molar-refractivity contribution >= 4 is 34.8 Å². The molecule has 0 unspecified atom stereocenters. The first-order valence-corrected chi connectivity index (χ1v) is 9.09. The topological polar surface area (TPSA) is 82.8 Å². The number of hydrogen-bond donors (Lipinski definition) is 2. The van der Waals surface area contributed by atoms with Gasteiger partial charge in [-0.15, -0.1) is 0 Å². The van der Waals surface area contributed by atoms with Gasteiger partial charge in [-0.3, -0.25) is 3.97 Å². The highest BCUT2D eigenvalue weighted by molar-refractivity contribution is 7.98. The van der Waals surface area contributed by atoms with Gasteiger partial charge in [0.2, 0.25) is 0 Å². The number of fused-ring (bicyclic) bond motifs is 1. The zero-order valence-corrected chi connectivity index (χ0v) is 16.0. The summed E-state index contributed by atoms with van der Waals surface area (Å²) in [4.78, 5) is 21.7. The summed E-state index contributed by atoms with van der Waals surface area (Å²) in [6.45, 7) is 1.07. The van der Waals surface area contributed by atoms with E-state index in [9.17, 15) is 0 Å². The smallest absolute Gasteiger partial charge is 0.414 e. The molecule has 0 bridgehead atoms. The van der Waals surface area contributed by atoms with Crippen LogP contribution in [0.1, 0.15) is 5.56 Å². The molecule has 0 saturated heterocycles. The molecule has 0 saturated carbocycles. The maximum atomic E-state index is 9.10. The first kappa shape index (κ1) is 20.5. The third kappa shape index (κ3) is 6.16. The number of benzene rings is 2. The number of carbonyl (C=O) groups is 2. The zero-order valence-electron chi connectivity index (χ0n) is 15.2. The van der Waals surface area contributed by atoms with E-state index in [0.29, 0.717) is 0 Å². The van der Waals surface area contributed by atoms with Crippen molar-refractivity contribution in [2.75, 3.05) is 20.6 Å². The molecule has 2 N–H and O–H groups in total. The Morgan fingerprint density at radius 2 is 1.56 bits per heavy atom. The van der Waals surface area contributed by atoms with E-state index in [4.69, 9.17) is 19.8 Å². The van der Waals surface area contributed by atoms with Gasteiger partial charge in [-0.05, 0) is 56.2 Å². The van der Waals surface area contributed by atoms with E-state index in [1.165, 1.54) is 21.4 Å². The van der Waals surface area contributed by atoms with Gasteiger partial charge in [-0.25, -0.2) is 9.59 Å². The van der Waals surface area contributed by atoms with Crippen LogP contribution in [0.25, 0.3) is 10.9 Å². The van der Waals surface area contributed by atoms with E-state index in [2.05, 4.69) is 83.8 Å². The van der Waals surface area contributed by atoms with E-state index < -0.39 is 11.9 Å². The Bertz CT molecular complexity index is 895. The van der Waals surface area contributed by atoms with Crippen LogP contribution in [0.5, 0.6) is 0 Å². The monoisotopic (exact) mass is 386 g/mol. The molecule has 0 aliphatic rings. The van der Waals surface area contributed by atoms with Gasteiger partial charge in [-0.2, -0.15) is 0 Å². The van der Waals surface area contributed by atoms with Crippen molar-refractivity contribution in [1.82, 2.24) is 8.87 Å². The van der Waals surface area contributed by atoms with Crippen LogP contribution < -0.4 is 0 Å². The van der Waals surface area contributed by atoms with Crippen LogP contribution in [-0.2, 0) is 16.0 Å². The molecule has 7 heteroatoms. The van der Waals surface area contributed by atoms with Crippen molar-refractivity contribution in [3.8, 4) is 0 Å². The van der Waals surface area contributed by atoms with Crippen molar-refractivity contribution in [2.45, 2.75) is 11.3 Å². The minimum atomic E-state index is -1.82. The van der Waals surface area contributed by atoms with E-state index >= 15 is 0 Å². The summed E-state index contributed by atoms with van der Waals surface area (Å²) in [6, 6.07) is 19.2. The fraction of sp³-hybridized carbons (Fsp3) is 0.200. The second-order valence-corrected chi connectivity index (χ2v) is 7.11. The largest absolute Gasteiger partial charge is 0.473 e. The first-order chi connectivity index (χ1) is 12.9. The molecule has 0 fully saturated rings. The average molecular weight is 386 g/mol. The standard InChI is InChI=1S/C18H20N2S.C2H2O4/c1-19(2)13-12-15-14-20(18-11-7-6-10-17(15)18)21-16-8-4-3-5-9-16;3-1(4)2(5)6/h3-11,14H,12-13H2,1-2H3;(H,3,4)(H,5,6). The molecule has 3 rings (SSSR count). The van der Waals surface area contributed by atoms with Gasteiger partial charge in [0.05, 0.1) is 5.52 Å².